The van der Waals surface area contributed by atoms with Crippen molar-refractivity contribution >= 4 is 35.0 Å². The van der Waals surface area contributed by atoms with E-state index >= 15 is 0 Å². The lowest BCUT2D eigenvalue weighted by Crippen LogP contribution is -2.45. The molecule has 6 nitrogen and oxygen atoms in total. The molecule has 1 heterocycles. The van der Waals surface area contributed by atoms with Crippen LogP contribution < -0.4 is 15.0 Å². The first-order valence-electron chi connectivity index (χ1n) is 13.4. The molecule has 0 aromatic heterocycles. The number of carbonyl (C=O) groups excluding carboxylic acids is 1. The summed E-state index contributed by atoms with van der Waals surface area (Å²) in [5.74, 6) is 0.783. The summed E-state index contributed by atoms with van der Waals surface area (Å²) in [5, 5.41) is 12.5. The molecule has 38 heavy (non-hydrogen) atoms. The van der Waals surface area contributed by atoms with Crippen LogP contribution in [0.15, 0.2) is 66.7 Å². The molecule has 5 rings (SSSR count). The van der Waals surface area contributed by atoms with Crippen LogP contribution in [0.1, 0.15) is 56.9 Å². The first kappa shape index (κ1) is 26.1. The number of hydrogen-bond acceptors (Lipinski definition) is 3. The van der Waals surface area contributed by atoms with Crippen molar-refractivity contribution in [3.63, 3.8) is 0 Å². The Kier molecular flexibility index (Phi) is 7.89. The number of amides is 2. The number of carbonyl (C=O) groups is 2. The molecule has 1 unspecified atom stereocenters. The molecule has 7 heteroatoms. The van der Waals surface area contributed by atoms with Crippen molar-refractivity contribution in [1.82, 2.24) is 0 Å². The summed E-state index contributed by atoms with van der Waals surface area (Å²) in [6, 6.07) is 21.6. The van der Waals surface area contributed by atoms with Gasteiger partial charge in [-0.2, -0.15) is 0 Å². The number of halogens is 1. The van der Waals surface area contributed by atoms with Gasteiger partial charge in [-0.05, 0) is 84.9 Å². The summed E-state index contributed by atoms with van der Waals surface area (Å²) >= 11 is 6.26. The standard InChI is InChI=1S/C31H33ClN2O4/c1-2-25-19-34(31(37)33-27-6-4-3-5-26(27)32)28-16-15-24(18-29(28)38-25)23-13-11-22(12-14-23)21-9-7-20(8-10-21)17-30(35)36/h3-6,11-16,18,20-21,25H,2,7-10,17,19H2,1H3,(H,33,37)(H,35,36). The van der Waals surface area contributed by atoms with Crippen LogP contribution in [0, 0.1) is 5.92 Å². The van der Waals surface area contributed by atoms with E-state index in [1.807, 2.05) is 30.3 Å². The van der Waals surface area contributed by atoms with Crippen LogP contribution >= 0.6 is 11.6 Å². The summed E-state index contributed by atoms with van der Waals surface area (Å²) in [4.78, 5) is 26.0. The summed E-state index contributed by atoms with van der Waals surface area (Å²) in [6.45, 7) is 2.51. The van der Waals surface area contributed by atoms with E-state index in [0.29, 0.717) is 34.8 Å². The third-order valence-electron chi connectivity index (χ3n) is 7.77. The minimum atomic E-state index is -0.693. The second-order valence-corrected chi connectivity index (χ2v) is 10.7. The van der Waals surface area contributed by atoms with E-state index in [0.717, 1.165) is 48.9 Å². The number of carboxylic acids is 1. The van der Waals surface area contributed by atoms with Crippen molar-refractivity contribution in [2.24, 2.45) is 5.92 Å². The lowest BCUT2D eigenvalue weighted by Gasteiger charge is -2.35. The number of urea groups is 1. The van der Waals surface area contributed by atoms with Gasteiger partial charge in [0.1, 0.15) is 11.9 Å². The van der Waals surface area contributed by atoms with Crippen LogP contribution in [0.3, 0.4) is 0 Å². The molecule has 0 bridgehead atoms. The van der Waals surface area contributed by atoms with E-state index in [2.05, 4.69) is 36.5 Å². The first-order valence-corrected chi connectivity index (χ1v) is 13.7. The van der Waals surface area contributed by atoms with Crippen molar-refractivity contribution in [2.45, 2.75) is 57.5 Å². The molecule has 1 aliphatic carbocycles. The molecule has 0 saturated heterocycles. The number of aliphatic carboxylic acids is 1. The van der Waals surface area contributed by atoms with Gasteiger partial charge in [0.25, 0.3) is 0 Å². The van der Waals surface area contributed by atoms with Gasteiger partial charge in [0.15, 0.2) is 0 Å². The molecule has 1 atom stereocenters. The van der Waals surface area contributed by atoms with Crippen molar-refractivity contribution in [3.8, 4) is 16.9 Å². The SMILES string of the molecule is CCC1CN(C(=O)Nc2ccccc2Cl)c2ccc(-c3ccc(C4CCC(CC(=O)O)CC4)cc3)cc2O1. The van der Waals surface area contributed by atoms with Crippen LogP contribution in [0.4, 0.5) is 16.2 Å². The summed E-state index contributed by atoms with van der Waals surface area (Å²) in [6.07, 6.45) is 4.98. The monoisotopic (exact) mass is 532 g/mol. The van der Waals surface area contributed by atoms with Crippen molar-refractivity contribution < 1.29 is 19.4 Å². The largest absolute Gasteiger partial charge is 0.486 e. The second kappa shape index (κ2) is 11.5. The average Bonchev–Trinajstić information content (AvgIpc) is 2.93. The molecule has 0 spiro atoms. The number of hydrogen-bond donors (Lipinski definition) is 2. The predicted octanol–water partition coefficient (Wildman–Crippen LogP) is 7.97. The van der Waals surface area contributed by atoms with Gasteiger partial charge < -0.3 is 15.2 Å². The molecule has 3 aromatic carbocycles. The third-order valence-corrected chi connectivity index (χ3v) is 8.10. The van der Waals surface area contributed by atoms with Crippen LogP contribution in [-0.4, -0.2) is 29.8 Å². The Bertz CT molecular complexity index is 1300. The van der Waals surface area contributed by atoms with Gasteiger partial charge in [0.05, 0.1) is 22.9 Å². The fourth-order valence-corrected chi connectivity index (χ4v) is 5.76. The quantitative estimate of drug-likeness (QED) is 0.337. The zero-order valence-electron chi connectivity index (χ0n) is 21.5. The van der Waals surface area contributed by atoms with Gasteiger partial charge >= 0.3 is 12.0 Å². The van der Waals surface area contributed by atoms with Crippen LogP contribution in [0.25, 0.3) is 11.1 Å². The van der Waals surface area contributed by atoms with Gasteiger partial charge in [-0.1, -0.05) is 61.0 Å². The Morgan fingerprint density at radius 1 is 1.00 bits per heavy atom. The van der Waals surface area contributed by atoms with Crippen LogP contribution in [0.2, 0.25) is 5.02 Å². The fourth-order valence-electron chi connectivity index (χ4n) is 5.57. The molecule has 2 aliphatic rings. The van der Waals surface area contributed by atoms with Gasteiger partial charge in [0.2, 0.25) is 0 Å². The molecule has 1 saturated carbocycles. The Morgan fingerprint density at radius 2 is 1.71 bits per heavy atom. The van der Waals surface area contributed by atoms with E-state index in [1.165, 1.54) is 5.56 Å². The number of carboxylic acid groups (broad SMARTS) is 1. The number of nitrogens with zero attached hydrogens (tertiary/aromatic N) is 1. The number of fused-ring (bicyclic) bond motifs is 1. The minimum absolute atomic E-state index is 0.103. The van der Waals surface area contributed by atoms with E-state index < -0.39 is 5.97 Å². The second-order valence-electron chi connectivity index (χ2n) is 10.3. The Morgan fingerprint density at radius 3 is 2.39 bits per heavy atom. The number of nitrogens with one attached hydrogen (secondary N) is 1. The van der Waals surface area contributed by atoms with E-state index in [1.54, 1.807) is 17.0 Å². The molecular formula is C31H33ClN2O4. The van der Waals surface area contributed by atoms with E-state index in [9.17, 15) is 9.59 Å². The predicted molar refractivity (Wildman–Crippen MR) is 151 cm³/mol. The Balaban J connectivity index is 1.32. The first-order chi connectivity index (χ1) is 18.4. The number of ether oxygens (including phenoxy) is 1. The molecule has 198 valence electrons. The maximum absolute atomic E-state index is 13.2. The molecule has 1 fully saturated rings. The van der Waals surface area contributed by atoms with Gasteiger partial charge in [-0.3, -0.25) is 9.69 Å². The normalized spacial score (nSPS) is 20.8. The zero-order valence-corrected chi connectivity index (χ0v) is 22.3. The maximum atomic E-state index is 13.2. The Labute approximate surface area is 228 Å². The number of benzene rings is 3. The summed E-state index contributed by atoms with van der Waals surface area (Å²) in [7, 11) is 0. The fraction of sp³-hybridized carbons (Fsp3) is 0.355. The molecule has 2 N–H and O–H groups in total. The molecular weight excluding hydrogens is 500 g/mol. The highest BCUT2D eigenvalue weighted by molar-refractivity contribution is 6.33. The summed E-state index contributed by atoms with van der Waals surface area (Å²) < 4.78 is 6.26. The van der Waals surface area contributed by atoms with Crippen molar-refractivity contribution in [3.05, 3.63) is 77.3 Å². The minimum Gasteiger partial charge on any atom is -0.486 e. The average molecular weight is 533 g/mol. The van der Waals surface area contributed by atoms with Crippen molar-refractivity contribution in [1.29, 1.82) is 0 Å². The molecule has 3 aromatic rings. The number of rotatable bonds is 6. The summed E-state index contributed by atoms with van der Waals surface area (Å²) in [5.41, 5.74) is 4.74. The molecule has 0 radical (unpaired) electrons. The highest BCUT2D eigenvalue weighted by Crippen LogP contribution is 2.40. The maximum Gasteiger partial charge on any atom is 0.326 e. The Hall–Kier alpha value is -3.51. The molecule has 2 amide bonds. The lowest BCUT2D eigenvalue weighted by atomic mass is 9.77. The van der Waals surface area contributed by atoms with Crippen LogP contribution in [-0.2, 0) is 4.79 Å². The van der Waals surface area contributed by atoms with Crippen molar-refractivity contribution in [2.75, 3.05) is 16.8 Å². The highest BCUT2D eigenvalue weighted by atomic mass is 35.5. The van der Waals surface area contributed by atoms with Gasteiger partial charge in [-0.15, -0.1) is 0 Å². The zero-order chi connectivity index (χ0) is 26.6. The smallest absolute Gasteiger partial charge is 0.326 e. The topological polar surface area (TPSA) is 78.9 Å². The van der Waals surface area contributed by atoms with Gasteiger partial charge in [0, 0.05) is 6.42 Å². The highest BCUT2D eigenvalue weighted by Gasteiger charge is 2.30. The molecule has 1 aliphatic heterocycles. The third kappa shape index (κ3) is 5.81. The number of anilines is 2. The lowest BCUT2D eigenvalue weighted by molar-refractivity contribution is -0.138. The van der Waals surface area contributed by atoms with Gasteiger partial charge in [-0.25, -0.2) is 4.79 Å². The van der Waals surface area contributed by atoms with E-state index in [-0.39, 0.29) is 18.6 Å². The van der Waals surface area contributed by atoms with E-state index in [4.69, 9.17) is 21.4 Å². The van der Waals surface area contributed by atoms with Crippen LogP contribution in [0.5, 0.6) is 5.75 Å². The number of para-hydroxylation sites is 1.